The van der Waals surface area contributed by atoms with E-state index in [0.29, 0.717) is 16.8 Å². The topological polar surface area (TPSA) is 111 Å². The number of nitrogen functional groups attached to an aromatic ring is 1. The largest absolute Gasteiger partial charge is 0.405 e. The van der Waals surface area contributed by atoms with E-state index in [2.05, 4.69) is 20.3 Å². The van der Waals surface area contributed by atoms with Gasteiger partial charge in [0.05, 0.1) is 10.6 Å². The van der Waals surface area contributed by atoms with E-state index < -0.39 is 22.6 Å². The first-order valence-electron chi connectivity index (χ1n) is 9.10. The third-order valence-corrected chi connectivity index (χ3v) is 5.84. The lowest BCUT2D eigenvalue weighted by molar-refractivity contribution is -0.115. The van der Waals surface area contributed by atoms with Crippen LogP contribution in [-0.2, 0) is 9.84 Å². The maximum Gasteiger partial charge on any atom is 0.405 e. The number of hydrogen-bond donors (Lipinski definition) is 2. The van der Waals surface area contributed by atoms with Gasteiger partial charge in [-0.3, -0.25) is 0 Å². The Hall–Kier alpha value is -2.95. The molecule has 0 unspecified atom stereocenters. The van der Waals surface area contributed by atoms with E-state index in [4.69, 9.17) is 5.73 Å². The molecule has 2 aromatic heterocycles. The minimum Gasteiger partial charge on any atom is -0.368 e. The van der Waals surface area contributed by atoms with E-state index in [0.717, 1.165) is 24.7 Å². The Morgan fingerprint density at radius 3 is 2.50 bits per heavy atom. The summed E-state index contributed by atoms with van der Waals surface area (Å²) in [5, 5.41) is 2.25. The Morgan fingerprint density at radius 2 is 1.87 bits per heavy atom. The monoisotopic (exact) mass is 437 g/mol. The first kappa shape index (κ1) is 20.3. The van der Waals surface area contributed by atoms with Crippen LogP contribution in [0.5, 0.6) is 0 Å². The zero-order valence-corrected chi connectivity index (χ0v) is 16.7. The normalized spacial score (nSPS) is 14.8. The molecule has 0 saturated heterocycles. The molecule has 3 N–H and O–H groups in total. The van der Waals surface area contributed by atoms with Crippen LogP contribution in [0.2, 0.25) is 0 Å². The van der Waals surface area contributed by atoms with Crippen LogP contribution in [-0.4, -0.2) is 42.3 Å². The van der Waals surface area contributed by atoms with Crippen molar-refractivity contribution in [2.24, 2.45) is 0 Å². The number of fused-ring (bicyclic) bond motifs is 1. The van der Waals surface area contributed by atoms with Gasteiger partial charge in [0.2, 0.25) is 5.95 Å². The van der Waals surface area contributed by atoms with Crippen LogP contribution in [0.15, 0.2) is 35.2 Å². The molecule has 1 aliphatic rings. The van der Waals surface area contributed by atoms with E-state index in [1.807, 2.05) is 0 Å². The fourth-order valence-corrected chi connectivity index (χ4v) is 3.86. The first-order valence-corrected chi connectivity index (χ1v) is 11.0. The molecule has 1 aromatic carbocycles. The van der Waals surface area contributed by atoms with Gasteiger partial charge in [-0.1, -0.05) is 12.1 Å². The molecule has 1 fully saturated rings. The quantitative estimate of drug-likeness (QED) is 0.628. The lowest BCUT2D eigenvalue weighted by atomic mass is 10.0. The molecule has 0 bridgehead atoms. The zero-order valence-electron chi connectivity index (χ0n) is 15.9. The van der Waals surface area contributed by atoms with Gasteiger partial charge in [0, 0.05) is 11.8 Å². The van der Waals surface area contributed by atoms with Gasteiger partial charge in [-0.2, -0.15) is 18.2 Å². The van der Waals surface area contributed by atoms with Crippen molar-refractivity contribution in [2.75, 3.05) is 23.9 Å². The molecule has 4 rings (SSSR count). The maximum atomic E-state index is 12.7. The highest BCUT2D eigenvalue weighted by Crippen LogP contribution is 2.44. The first-order chi connectivity index (χ1) is 14.0. The highest BCUT2D eigenvalue weighted by atomic mass is 32.2. The Labute approximate surface area is 170 Å². The van der Waals surface area contributed by atoms with Crippen molar-refractivity contribution >= 4 is 32.6 Å². The molecule has 0 atom stereocenters. The van der Waals surface area contributed by atoms with E-state index in [1.54, 1.807) is 18.2 Å². The number of nitrogens with zero attached hydrogens (tertiary/aromatic N) is 3. The summed E-state index contributed by atoms with van der Waals surface area (Å²) in [5.74, 6) is -0.0716. The zero-order chi connectivity index (χ0) is 21.7. The number of hydrogen-bond acceptors (Lipinski definition) is 7. The smallest absolute Gasteiger partial charge is 0.368 e. The van der Waals surface area contributed by atoms with Crippen LogP contribution in [0.25, 0.3) is 22.3 Å². The average Bonchev–Trinajstić information content (AvgIpc) is 3.49. The van der Waals surface area contributed by atoms with Crippen molar-refractivity contribution in [2.45, 2.75) is 29.8 Å². The summed E-state index contributed by atoms with van der Waals surface area (Å²) in [5.41, 5.74) is 8.06. The van der Waals surface area contributed by atoms with Gasteiger partial charge in [0.15, 0.2) is 15.7 Å². The summed E-state index contributed by atoms with van der Waals surface area (Å²) in [4.78, 5) is 12.7. The Kier molecular flexibility index (Phi) is 4.80. The number of aromatic nitrogens is 3. The minimum absolute atomic E-state index is 0.113. The molecule has 1 aliphatic carbocycles. The number of pyridine rings is 1. The molecule has 30 heavy (non-hydrogen) atoms. The van der Waals surface area contributed by atoms with Crippen molar-refractivity contribution in [1.29, 1.82) is 0 Å². The molecule has 11 heteroatoms. The third-order valence-electron chi connectivity index (χ3n) is 4.73. The highest BCUT2D eigenvalue weighted by Gasteiger charge is 2.30. The van der Waals surface area contributed by atoms with Crippen LogP contribution >= 0.6 is 0 Å². The third kappa shape index (κ3) is 4.30. The number of halogens is 3. The second-order valence-electron chi connectivity index (χ2n) is 7.27. The highest BCUT2D eigenvalue weighted by molar-refractivity contribution is 7.90. The van der Waals surface area contributed by atoms with Gasteiger partial charge < -0.3 is 11.1 Å². The van der Waals surface area contributed by atoms with E-state index in [1.165, 1.54) is 12.1 Å². The van der Waals surface area contributed by atoms with Gasteiger partial charge >= 0.3 is 6.18 Å². The molecule has 7 nitrogen and oxygen atoms in total. The predicted molar refractivity (Wildman–Crippen MR) is 107 cm³/mol. The number of nitrogens with two attached hydrogens (primary N) is 1. The van der Waals surface area contributed by atoms with Crippen molar-refractivity contribution in [1.82, 2.24) is 15.0 Å². The second kappa shape index (κ2) is 7.08. The molecule has 0 aliphatic heterocycles. The maximum absolute atomic E-state index is 12.7. The summed E-state index contributed by atoms with van der Waals surface area (Å²) in [7, 11) is -3.44. The summed E-state index contributed by atoms with van der Waals surface area (Å²) >= 11 is 0. The fourth-order valence-electron chi connectivity index (χ4n) is 3.19. The number of anilines is 2. The average molecular weight is 437 g/mol. The number of alkyl halides is 3. The van der Waals surface area contributed by atoms with Crippen LogP contribution < -0.4 is 11.1 Å². The van der Waals surface area contributed by atoms with Gasteiger partial charge in [-0.25, -0.2) is 18.4 Å². The molecule has 2 heterocycles. The summed E-state index contributed by atoms with van der Waals surface area (Å²) in [6.07, 6.45) is -1.52. The van der Waals surface area contributed by atoms with Gasteiger partial charge in [0.25, 0.3) is 0 Å². The van der Waals surface area contributed by atoms with Gasteiger partial charge in [0.1, 0.15) is 17.6 Å². The predicted octanol–water partition coefficient (Wildman–Crippen LogP) is 3.53. The number of benzene rings is 1. The van der Waals surface area contributed by atoms with Crippen LogP contribution in [0, 0.1) is 0 Å². The Morgan fingerprint density at radius 1 is 1.13 bits per heavy atom. The summed E-state index contributed by atoms with van der Waals surface area (Å²) in [6, 6.07) is 8.04. The molecule has 3 aromatic rings. The lowest BCUT2D eigenvalue weighted by Gasteiger charge is -2.14. The van der Waals surface area contributed by atoms with Crippen molar-refractivity contribution in [3.05, 3.63) is 35.9 Å². The molecule has 0 amide bonds. The number of rotatable bonds is 5. The Balaban J connectivity index is 1.91. The number of sulfone groups is 1. The molecule has 1 saturated carbocycles. The number of nitrogens with one attached hydrogen (secondary N) is 1. The standard InChI is InChI=1S/C19H18F3N5O2S/c1-30(28,29)12-4-2-3-11(7-12)14-8-13(10-5-6-10)15-16(25-14)17(27-18(23)26-15)24-9-19(20,21)22/h2-4,7-8,10H,5-6,9H2,1H3,(H3,23,24,26,27). The summed E-state index contributed by atoms with van der Waals surface area (Å²) in [6.45, 7) is -1.30. The molecular weight excluding hydrogens is 419 g/mol. The lowest BCUT2D eigenvalue weighted by Crippen LogP contribution is -2.22. The van der Waals surface area contributed by atoms with Crippen LogP contribution in [0.4, 0.5) is 24.9 Å². The van der Waals surface area contributed by atoms with Crippen LogP contribution in [0.1, 0.15) is 24.3 Å². The summed E-state index contributed by atoms with van der Waals surface area (Å²) < 4.78 is 62.1. The van der Waals surface area contributed by atoms with Crippen molar-refractivity contribution in [3.63, 3.8) is 0 Å². The van der Waals surface area contributed by atoms with Crippen molar-refractivity contribution in [3.8, 4) is 11.3 Å². The second-order valence-corrected chi connectivity index (χ2v) is 9.28. The molecule has 158 valence electrons. The minimum atomic E-state index is -4.45. The van der Waals surface area contributed by atoms with E-state index in [9.17, 15) is 21.6 Å². The Bertz CT molecular complexity index is 1240. The van der Waals surface area contributed by atoms with E-state index >= 15 is 0 Å². The molecule has 0 radical (unpaired) electrons. The fraction of sp³-hybridized carbons (Fsp3) is 0.316. The molecule has 0 spiro atoms. The van der Waals surface area contributed by atoms with Gasteiger partial charge in [-0.05, 0) is 42.5 Å². The van der Waals surface area contributed by atoms with Crippen LogP contribution in [0.3, 0.4) is 0 Å². The SMILES string of the molecule is CS(=O)(=O)c1cccc(-c2cc(C3CC3)c3nc(N)nc(NCC(F)(F)F)c3n2)c1. The van der Waals surface area contributed by atoms with Crippen molar-refractivity contribution < 1.29 is 21.6 Å². The molecular formula is C19H18F3N5O2S. The van der Waals surface area contributed by atoms with Gasteiger partial charge in [-0.15, -0.1) is 0 Å². The van der Waals surface area contributed by atoms with E-state index in [-0.39, 0.29) is 28.1 Å².